The van der Waals surface area contributed by atoms with Gasteiger partial charge in [0.25, 0.3) is 5.91 Å². The molecule has 14 nitrogen and oxygen atoms in total. The van der Waals surface area contributed by atoms with Gasteiger partial charge in [0.2, 0.25) is 5.82 Å². The number of rotatable bonds is 5. The van der Waals surface area contributed by atoms with E-state index < -0.39 is 6.09 Å². The third-order valence-electron chi connectivity index (χ3n) is 8.16. The van der Waals surface area contributed by atoms with Gasteiger partial charge in [-0.1, -0.05) is 6.07 Å². The summed E-state index contributed by atoms with van der Waals surface area (Å²) < 4.78 is 6.46. The van der Waals surface area contributed by atoms with Crippen LogP contribution in [0.25, 0.3) is 16.8 Å². The first-order chi connectivity index (χ1) is 19.4. The van der Waals surface area contributed by atoms with Crippen LogP contribution in [-0.4, -0.2) is 76.1 Å². The molecular formula is C26H26N10O4. The highest BCUT2D eigenvalue weighted by molar-refractivity contribution is 6.00. The third kappa shape index (κ3) is 3.78. The normalized spacial score (nSPS) is 23.8. The fraction of sp³-hybridized carbons (Fsp3) is 0.385. The molecule has 3 aliphatic rings. The molecule has 4 aromatic heterocycles. The number of Topliss-reactive ketones (excluding diaryl/α,β-unsaturated/α-hetero) is 1. The molecule has 4 N–H and O–H groups in total. The molecule has 0 spiro atoms. The molecule has 3 aliphatic heterocycles. The van der Waals surface area contributed by atoms with Gasteiger partial charge in [0.1, 0.15) is 24.8 Å². The SMILES string of the molecule is CC(=O)c1c([C@H]2C[C@H]3CC[C@@H](C2)N3C(=O)c2nnc[nH]2)nc2c(-c3ccc([C@@H]4COC(=O)N4)nc3)cnn2c1N. The van der Waals surface area contributed by atoms with Crippen molar-refractivity contribution < 1.29 is 19.1 Å². The number of hydrogen-bond acceptors (Lipinski definition) is 10. The second-order valence-corrected chi connectivity index (χ2v) is 10.5. The number of nitrogens with two attached hydrogens (primary N) is 1. The Labute approximate surface area is 227 Å². The van der Waals surface area contributed by atoms with Gasteiger partial charge < -0.3 is 25.7 Å². The lowest BCUT2D eigenvalue weighted by atomic mass is 9.85. The summed E-state index contributed by atoms with van der Waals surface area (Å²) in [5.74, 6) is 0.0718. The maximum absolute atomic E-state index is 13.1. The second kappa shape index (κ2) is 9.10. The van der Waals surface area contributed by atoms with Gasteiger partial charge >= 0.3 is 6.09 Å². The van der Waals surface area contributed by atoms with Crippen molar-refractivity contribution in [2.24, 2.45) is 0 Å². The molecule has 2 bridgehead atoms. The first-order valence-electron chi connectivity index (χ1n) is 13.2. The highest BCUT2D eigenvalue weighted by Gasteiger charge is 2.45. The highest BCUT2D eigenvalue weighted by Crippen LogP contribution is 2.45. The number of amides is 2. The minimum Gasteiger partial charge on any atom is -0.447 e. The van der Waals surface area contributed by atoms with Crippen LogP contribution in [0.1, 0.15) is 76.9 Å². The number of carbonyl (C=O) groups is 3. The van der Waals surface area contributed by atoms with Crippen LogP contribution in [0.5, 0.6) is 0 Å². The Bertz CT molecular complexity index is 1630. The number of nitrogens with one attached hydrogen (secondary N) is 2. The van der Waals surface area contributed by atoms with Gasteiger partial charge in [0, 0.05) is 35.3 Å². The van der Waals surface area contributed by atoms with Crippen LogP contribution in [0.3, 0.4) is 0 Å². The fourth-order valence-electron chi connectivity index (χ4n) is 6.37. The van der Waals surface area contributed by atoms with E-state index in [0.29, 0.717) is 35.4 Å². The quantitative estimate of drug-likeness (QED) is 0.315. The summed E-state index contributed by atoms with van der Waals surface area (Å²) in [5, 5.41) is 14.8. The Hall–Kier alpha value is -4.88. The predicted octanol–water partition coefficient (Wildman–Crippen LogP) is 2.03. The van der Waals surface area contributed by atoms with Gasteiger partial charge in [-0.2, -0.15) is 9.61 Å². The smallest absolute Gasteiger partial charge is 0.407 e. The summed E-state index contributed by atoms with van der Waals surface area (Å²) in [7, 11) is 0. The van der Waals surface area contributed by atoms with Crippen LogP contribution in [0.2, 0.25) is 0 Å². The van der Waals surface area contributed by atoms with Crippen molar-refractivity contribution in [3.8, 4) is 11.1 Å². The number of pyridine rings is 1. The average Bonchev–Trinajstić information content (AvgIpc) is 3.75. The van der Waals surface area contributed by atoms with Gasteiger partial charge in [-0.3, -0.25) is 14.6 Å². The Morgan fingerprint density at radius 3 is 2.58 bits per heavy atom. The van der Waals surface area contributed by atoms with E-state index in [-0.39, 0.29) is 54.0 Å². The minimum absolute atomic E-state index is 0.00147. The number of aromatic nitrogens is 7. The molecule has 3 fully saturated rings. The lowest BCUT2D eigenvalue weighted by Crippen LogP contribution is -2.46. The number of piperidine rings is 1. The first-order valence-corrected chi connectivity index (χ1v) is 13.2. The molecule has 204 valence electrons. The Morgan fingerprint density at radius 2 is 1.95 bits per heavy atom. The summed E-state index contributed by atoms with van der Waals surface area (Å²) in [6.07, 6.45) is 7.35. The van der Waals surface area contributed by atoms with Gasteiger partial charge in [0.15, 0.2) is 11.4 Å². The van der Waals surface area contributed by atoms with Crippen molar-refractivity contribution in [1.82, 2.24) is 45.0 Å². The van der Waals surface area contributed by atoms with Crippen LogP contribution in [0.15, 0.2) is 30.9 Å². The molecule has 0 unspecified atom stereocenters. The zero-order chi connectivity index (χ0) is 27.5. The van der Waals surface area contributed by atoms with Crippen LogP contribution in [0.4, 0.5) is 10.6 Å². The van der Waals surface area contributed by atoms with E-state index >= 15 is 0 Å². The number of ketones is 1. The zero-order valence-electron chi connectivity index (χ0n) is 21.6. The van der Waals surface area contributed by atoms with Crippen molar-refractivity contribution in [2.45, 2.75) is 56.7 Å². The molecule has 0 radical (unpaired) electrons. The van der Waals surface area contributed by atoms with Crippen molar-refractivity contribution in [3.63, 3.8) is 0 Å². The van der Waals surface area contributed by atoms with Crippen molar-refractivity contribution in [3.05, 3.63) is 53.6 Å². The third-order valence-corrected chi connectivity index (χ3v) is 8.16. The molecule has 7 heterocycles. The molecule has 40 heavy (non-hydrogen) atoms. The van der Waals surface area contributed by atoms with Crippen LogP contribution >= 0.6 is 0 Å². The van der Waals surface area contributed by atoms with Crippen LogP contribution < -0.4 is 11.1 Å². The number of alkyl carbamates (subject to hydrolysis) is 1. The number of nitrogen functional groups attached to an aromatic ring is 1. The Kier molecular flexibility index (Phi) is 5.50. The molecule has 14 heteroatoms. The molecule has 2 amide bonds. The summed E-state index contributed by atoms with van der Waals surface area (Å²) in [6.45, 7) is 1.71. The van der Waals surface area contributed by atoms with Gasteiger partial charge in [0.05, 0.1) is 23.1 Å². The minimum atomic E-state index is -0.464. The Balaban J connectivity index is 1.24. The summed E-state index contributed by atoms with van der Waals surface area (Å²) in [4.78, 5) is 51.6. The van der Waals surface area contributed by atoms with Gasteiger partial charge in [-0.25, -0.2) is 9.78 Å². The number of carbonyl (C=O) groups excluding carboxylic acids is 3. The molecule has 0 aliphatic carbocycles. The molecule has 4 atom stereocenters. The van der Waals surface area contributed by atoms with Crippen molar-refractivity contribution in [1.29, 1.82) is 0 Å². The number of H-pyrrole nitrogens is 1. The summed E-state index contributed by atoms with van der Waals surface area (Å²) in [5.41, 5.74) is 10.2. The van der Waals surface area contributed by atoms with Crippen LogP contribution in [0, 0.1) is 0 Å². The van der Waals surface area contributed by atoms with E-state index in [1.54, 1.807) is 12.4 Å². The van der Waals surface area contributed by atoms with E-state index in [0.717, 1.165) is 24.0 Å². The van der Waals surface area contributed by atoms with E-state index in [4.69, 9.17) is 15.5 Å². The summed E-state index contributed by atoms with van der Waals surface area (Å²) >= 11 is 0. The standard InChI is InChI=1S/C26H26N10O4/c1-12(37)20-21(14-6-15-3-4-16(7-14)35(15)25(38)23-29-11-30-34-23)33-24-17(9-31-36(24)22(20)27)13-2-5-18(28-8-13)19-10-40-26(39)32-19/h2,5,8-9,11,14-16,19H,3-4,6-7,10,27H2,1H3,(H,32,39)(H,29,30,34)/t14-,15+,16-,19-/m0/s1. The van der Waals surface area contributed by atoms with Gasteiger partial charge in [-0.05, 0) is 38.7 Å². The van der Waals surface area contributed by atoms with Gasteiger partial charge in [-0.15, -0.1) is 10.2 Å². The molecule has 0 saturated carbocycles. The van der Waals surface area contributed by atoms with Crippen LogP contribution in [-0.2, 0) is 4.74 Å². The van der Waals surface area contributed by atoms with E-state index in [2.05, 4.69) is 30.6 Å². The molecule has 0 aromatic carbocycles. The average molecular weight is 543 g/mol. The number of hydrogen-bond donors (Lipinski definition) is 3. The Morgan fingerprint density at radius 1 is 1.15 bits per heavy atom. The molecule has 7 rings (SSSR count). The molecule has 4 aromatic rings. The van der Waals surface area contributed by atoms with Crippen molar-refractivity contribution in [2.75, 3.05) is 12.3 Å². The van der Waals surface area contributed by atoms with E-state index in [9.17, 15) is 14.4 Å². The molecular weight excluding hydrogens is 516 g/mol. The topological polar surface area (TPSA) is 186 Å². The molecule has 3 saturated heterocycles. The second-order valence-electron chi connectivity index (χ2n) is 10.5. The zero-order valence-corrected chi connectivity index (χ0v) is 21.6. The van der Waals surface area contributed by atoms with E-state index in [1.165, 1.54) is 17.8 Å². The first kappa shape index (κ1) is 24.2. The number of nitrogens with zero attached hydrogens (tertiary/aromatic N) is 7. The van der Waals surface area contributed by atoms with Crippen molar-refractivity contribution >= 4 is 29.2 Å². The number of cyclic esters (lactones) is 1. The number of anilines is 1. The lowest BCUT2D eigenvalue weighted by Gasteiger charge is -2.38. The number of aromatic amines is 1. The maximum Gasteiger partial charge on any atom is 0.407 e. The largest absolute Gasteiger partial charge is 0.447 e. The maximum atomic E-state index is 13.1. The number of fused-ring (bicyclic) bond motifs is 3. The lowest BCUT2D eigenvalue weighted by molar-refractivity contribution is 0.0556. The van der Waals surface area contributed by atoms with E-state index in [1.807, 2.05) is 17.0 Å². The highest BCUT2D eigenvalue weighted by atomic mass is 16.6. The monoisotopic (exact) mass is 542 g/mol. The number of ether oxygens (including phenoxy) is 1. The predicted molar refractivity (Wildman–Crippen MR) is 139 cm³/mol. The summed E-state index contributed by atoms with van der Waals surface area (Å²) in [6, 6.07) is 3.41. The fourth-order valence-corrected chi connectivity index (χ4v) is 6.37.